The van der Waals surface area contributed by atoms with Crippen molar-refractivity contribution < 1.29 is 14.7 Å². The molecule has 0 saturated carbocycles. The summed E-state index contributed by atoms with van der Waals surface area (Å²) in [6, 6.07) is 3.45. The summed E-state index contributed by atoms with van der Waals surface area (Å²) in [6.07, 6.45) is 0. The first kappa shape index (κ1) is 12.0. The summed E-state index contributed by atoms with van der Waals surface area (Å²) in [7, 11) is 1.37. The van der Waals surface area contributed by atoms with E-state index in [1.807, 2.05) is 0 Å². The molecule has 16 heavy (non-hydrogen) atoms. The SMILES string of the molecule is CONCc1ccc([N+](=O)[O-])cc1[N+](=O)[O-]. The van der Waals surface area contributed by atoms with Gasteiger partial charge in [0.25, 0.3) is 11.4 Å². The number of hydrogen-bond donors (Lipinski definition) is 1. The minimum Gasteiger partial charge on any atom is -0.305 e. The molecule has 0 amide bonds. The third-order valence-corrected chi connectivity index (χ3v) is 1.88. The Morgan fingerprint density at radius 2 is 2.00 bits per heavy atom. The molecule has 1 aromatic rings. The molecule has 0 heterocycles. The summed E-state index contributed by atoms with van der Waals surface area (Å²) in [4.78, 5) is 24.3. The van der Waals surface area contributed by atoms with Gasteiger partial charge in [0.2, 0.25) is 0 Å². The van der Waals surface area contributed by atoms with Crippen LogP contribution in [0.2, 0.25) is 0 Å². The van der Waals surface area contributed by atoms with Gasteiger partial charge in [0.15, 0.2) is 0 Å². The summed E-state index contributed by atoms with van der Waals surface area (Å²) in [5, 5.41) is 21.1. The predicted molar refractivity (Wildman–Crippen MR) is 53.6 cm³/mol. The van der Waals surface area contributed by atoms with Crippen LogP contribution in [0, 0.1) is 20.2 Å². The van der Waals surface area contributed by atoms with Gasteiger partial charge in [-0.25, -0.2) is 0 Å². The molecule has 0 unspecified atom stereocenters. The van der Waals surface area contributed by atoms with Gasteiger partial charge in [-0.05, 0) is 6.07 Å². The van der Waals surface area contributed by atoms with Crippen molar-refractivity contribution in [1.82, 2.24) is 5.48 Å². The maximum atomic E-state index is 10.7. The smallest absolute Gasteiger partial charge is 0.280 e. The molecule has 8 nitrogen and oxygen atoms in total. The van der Waals surface area contributed by atoms with E-state index in [1.54, 1.807) is 0 Å². The number of nitro benzene ring substituents is 2. The monoisotopic (exact) mass is 227 g/mol. The van der Waals surface area contributed by atoms with E-state index in [-0.39, 0.29) is 17.9 Å². The van der Waals surface area contributed by atoms with Gasteiger partial charge < -0.3 is 4.84 Å². The Labute approximate surface area is 90.1 Å². The van der Waals surface area contributed by atoms with Crippen LogP contribution in [0.15, 0.2) is 18.2 Å². The molecule has 0 saturated heterocycles. The van der Waals surface area contributed by atoms with Gasteiger partial charge in [0, 0.05) is 11.6 Å². The second kappa shape index (κ2) is 5.14. The normalized spacial score (nSPS) is 10.1. The third kappa shape index (κ3) is 2.72. The highest BCUT2D eigenvalue weighted by Crippen LogP contribution is 2.24. The van der Waals surface area contributed by atoms with E-state index in [0.29, 0.717) is 5.56 Å². The second-order valence-corrected chi connectivity index (χ2v) is 2.85. The molecule has 0 radical (unpaired) electrons. The van der Waals surface area contributed by atoms with E-state index in [9.17, 15) is 20.2 Å². The number of rotatable bonds is 5. The Hall–Kier alpha value is -2.06. The van der Waals surface area contributed by atoms with Gasteiger partial charge in [-0.3, -0.25) is 20.2 Å². The molecule has 0 aliphatic carbocycles. The molecule has 0 aliphatic rings. The van der Waals surface area contributed by atoms with E-state index in [1.165, 1.54) is 19.2 Å². The zero-order valence-electron chi connectivity index (χ0n) is 8.37. The quantitative estimate of drug-likeness (QED) is 0.597. The number of nitrogens with one attached hydrogen (secondary N) is 1. The molecule has 0 atom stereocenters. The van der Waals surface area contributed by atoms with E-state index < -0.39 is 9.85 Å². The molecule has 0 aromatic heterocycles. The van der Waals surface area contributed by atoms with Crippen LogP contribution >= 0.6 is 0 Å². The average molecular weight is 227 g/mol. The summed E-state index contributed by atoms with van der Waals surface area (Å²) in [5.74, 6) is 0. The number of hydroxylamine groups is 1. The fourth-order valence-electron chi connectivity index (χ4n) is 1.14. The maximum Gasteiger partial charge on any atom is 0.280 e. The van der Waals surface area contributed by atoms with Crippen molar-refractivity contribution in [3.05, 3.63) is 44.0 Å². The van der Waals surface area contributed by atoms with E-state index >= 15 is 0 Å². The molecule has 8 heteroatoms. The minimum atomic E-state index is -0.680. The van der Waals surface area contributed by atoms with Crippen LogP contribution in [-0.2, 0) is 11.4 Å². The van der Waals surface area contributed by atoms with Crippen LogP contribution in [0.1, 0.15) is 5.56 Å². The molecular formula is C8H9N3O5. The topological polar surface area (TPSA) is 108 Å². The van der Waals surface area contributed by atoms with Crippen molar-refractivity contribution in [1.29, 1.82) is 0 Å². The number of hydrogen-bond acceptors (Lipinski definition) is 6. The standard InChI is InChI=1S/C8H9N3O5/c1-16-9-5-6-2-3-7(10(12)13)4-8(6)11(14)15/h2-4,9H,5H2,1H3. The van der Waals surface area contributed by atoms with Crippen LogP contribution in [-0.4, -0.2) is 17.0 Å². The maximum absolute atomic E-state index is 10.7. The van der Waals surface area contributed by atoms with Gasteiger partial charge in [-0.15, -0.1) is 0 Å². The lowest BCUT2D eigenvalue weighted by atomic mass is 10.1. The Balaban J connectivity index is 3.09. The third-order valence-electron chi connectivity index (χ3n) is 1.88. The van der Waals surface area contributed by atoms with Gasteiger partial charge in [-0.2, -0.15) is 5.48 Å². The van der Waals surface area contributed by atoms with Crippen LogP contribution in [0.25, 0.3) is 0 Å². The number of nitrogens with zero attached hydrogens (tertiary/aromatic N) is 2. The van der Waals surface area contributed by atoms with Crippen molar-refractivity contribution >= 4 is 11.4 Å². The van der Waals surface area contributed by atoms with Gasteiger partial charge in [0.1, 0.15) is 0 Å². The van der Waals surface area contributed by atoms with Gasteiger partial charge in [0.05, 0.1) is 29.6 Å². The van der Waals surface area contributed by atoms with Crippen LogP contribution < -0.4 is 5.48 Å². The van der Waals surface area contributed by atoms with E-state index in [0.717, 1.165) is 6.07 Å². The molecule has 0 fully saturated rings. The van der Waals surface area contributed by atoms with Gasteiger partial charge >= 0.3 is 0 Å². The van der Waals surface area contributed by atoms with Crippen LogP contribution in [0.5, 0.6) is 0 Å². The molecule has 0 aliphatic heterocycles. The first-order valence-electron chi connectivity index (χ1n) is 4.24. The number of benzene rings is 1. The van der Waals surface area contributed by atoms with Crippen molar-refractivity contribution in [3.63, 3.8) is 0 Å². The highest BCUT2D eigenvalue weighted by Gasteiger charge is 2.18. The van der Waals surface area contributed by atoms with Crippen molar-refractivity contribution in [2.75, 3.05) is 7.11 Å². The summed E-state index contributed by atoms with van der Waals surface area (Å²) >= 11 is 0. The molecule has 1 aromatic carbocycles. The van der Waals surface area contributed by atoms with E-state index in [4.69, 9.17) is 0 Å². The zero-order valence-corrected chi connectivity index (χ0v) is 8.37. The molecule has 0 spiro atoms. The second-order valence-electron chi connectivity index (χ2n) is 2.85. The fraction of sp³-hybridized carbons (Fsp3) is 0.250. The first-order chi connectivity index (χ1) is 7.56. The highest BCUT2D eigenvalue weighted by molar-refractivity contribution is 5.48. The Kier molecular flexibility index (Phi) is 3.86. The zero-order chi connectivity index (χ0) is 12.1. The largest absolute Gasteiger partial charge is 0.305 e. The first-order valence-corrected chi connectivity index (χ1v) is 4.24. The van der Waals surface area contributed by atoms with Crippen LogP contribution in [0.4, 0.5) is 11.4 Å². The predicted octanol–water partition coefficient (Wildman–Crippen LogP) is 1.15. The molecule has 1 N–H and O–H groups in total. The lowest BCUT2D eigenvalue weighted by molar-refractivity contribution is -0.394. The Bertz CT molecular complexity index is 420. The average Bonchev–Trinajstić information content (AvgIpc) is 2.25. The fourth-order valence-corrected chi connectivity index (χ4v) is 1.14. The van der Waals surface area contributed by atoms with Crippen molar-refractivity contribution in [2.24, 2.45) is 0 Å². The lowest BCUT2D eigenvalue weighted by Gasteiger charge is -2.03. The summed E-state index contributed by atoms with van der Waals surface area (Å²) in [5.41, 5.74) is 2.13. The summed E-state index contributed by atoms with van der Waals surface area (Å²) < 4.78 is 0. The van der Waals surface area contributed by atoms with Crippen molar-refractivity contribution in [2.45, 2.75) is 6.54 Å². The summed E-state index contributed by atoms with van der Waals surface area (Å²) in [6.45, 7) is 0.102. The number of non-ortho nitro benzene ring substituents is 1. The van der Waals surface area contributed by atoms with Crippen LogP contribution in [0.3, 0.4) is 0 Å². The molecule has 1 rings (SSSR count). The molecule has 0 bridgehead atoms. The Morgan fingerprint density at radius 3 is 2.50 bits per heavy atom. The lowest BCUT2D eigenvalue weighted by Crippen LogP contribution is -2.12. The highest BCUT2D eigenvalue weighted by atomic mass is 16.6. The van der Waals surface area contributed by atoms with Gasteiger partial charge in [-0.1, -0.05) is 0 Å². The molecule has 86 valence electrons. The van der Waals surface area contributed by atoms with Crippen molar-refractivity contribution in [3.8, 4) is 0 Å². The Morgan fingerprint density at radius 1 is 1.31 bits per heavy atom. The molecular weight excluding hydrogens is 218 g/mol. The number of nitro groups is 2. The van der Waals surface area contributed by atoms with E-state index in [2.05, 4.69) is 10.3 Å². The minimum absolute atomic E-state index is 0.102.